The van der Waals surface area contributed by atoms with Gasteiger partial charge in [0, 0.05) is 30.9 Å². The molecule has 1 aliphatic carbocycles. The van der Waals surface area contributed by atoms with E-state index in [2.05, 4.69) is 28.3 Å². The molecule has 1 fully saturated rings. The highest BCUT2D eigenvalue weighted by Crippen LogP contribution is 2.34. The Balaban J connectivity index is 2.03. The predicted molar refractivity (Wildman–Crippen MR) is 80.8 cm³/mol. The van der Waals surface area contributed by atoms with E-state index in [1.807, 2.05) is 25.4 Å². The Kier molecular flexibility index (Phi) is 3.63. The number of hydrogen-bond acceptors (Lipinski definition) is 4. The van der Waals surface area contributed by atoms with Gasteiger partial charge in [-0.2, -0.15) is 0 Å². The fraction of sp³-hybridized carbons (Fsp3) is 0.438. The van der Waals surface area contributed by atoms with Gasteiger partial charge in [0.25, 0.3) is 0 Å². The number of aromatic nitrogens is 3. The van der Waals surface area contributed by atoms with Crippen LogP contribution in [0.5, 0.6) is 0 Å². The van der Waals surface area contributed by atoms with Gasteiger partial charge in [-0.25, -0.2) is 9.97 Å². The van der Waals surface area contributed by atoms with Crippen molar-refractivity contribution in [3.63, 3.8) is 0 Å². The molecule has 4 nitrogen and oxygen atoms in total. The van der Waals surface area contributed by atoms with E-state index in [9.17, 15) is 0 Å². The minimum atomic E-state index is 0.577. The lowest BCUT2D eigenvalue weighted by atomic mass is 10.0. The number of anilines is 1. The van der Waals surface area contributed by atoms with E-state index in [-0.39, 0.29) is 0 Å². The summed E-state index contributed by atoms with van der Waals surface area (Å²) in [6.45, 7) is 2.06. The second-order valence-corrected chi connectivity index (χ2v) is 5.45. The molecule has 1 N–H and O–H groups in total. The Morgan fingerprint density at radius 3 is 2.65 bits per heavy atom. The molecule has 4 heteroatoms. The third kappa shape index (κ3) is 2.64. The quantitative estimate of drug-likeness (QED) is 0.925. The molecule has 0 unspecified atom stereocenters. The maximum atomic E-state index is 4.76. The fourth-order valence-corrected chi connectivity index (χ4v) is 2.80. The lowest BCUT2D eigenvalue weighted by Crippen LogP contribution is -2.04. The Labute approximate surface area is 119 Å². The first-order chi connectivity index (χ1) is 9.76. The van der Waals surface area contributed by atoms with Crippen LogP contribution >= 0.6 is 0 Å². The Bertz CT molecular complexity index is 603. The summed E-state index contributed by atoms with van der Waals surface area (Å²) in [6, 6.07) is 6.10. The molecule has 0 atom stereocenters. The lowest BCUT2D eigenvalue weighted by molar-refractivity contribution is 0.695. The molecule has 0 aliphatic heterocycles. The normalized spacial score (nSPS) is 15.5. The van der Waals surface area contributed by atoms with Crippen LogP contribution in [0.15, 0.2) is 24.4 Å². The van der Waals surface area contributed by atoms with Gasteiger partial charge in [-0.05, 0) is 37.5 Å². The van der Waals surface area contributed by atoms with Crippen molar-refractivity contribution in [2.24, 2.45) is 0 Å². The molecule has 2 aromatic rings. The van der Waals surface area contributed by atoms with Crippen LogP contribution in [0.4, 0.5) is 5.82 Å². The van der Waals surface area contributed by atoms with Crippen LogP contribution in [0.1, 0.15) is 42.9 Å². The topological polar surface area (TPSA) is 50.7 Å². The van der Waals surface area contributed by atoms with Crippen molar-refractivity contribution in [3.8, 4) is 11.5 Å². The van der Waals surface area contributed by atoms with Gasteiger partial charge in [0.2, 0.25) is 0 Å². The molecule has 104 valence electrons. The van der Waals surface area contributed by atoms with Crippen LogP contribution in [0.2, 0.25) is 0 Å². The van der Waals surface area contributed by atoms with Crippen LogP contribution in [0.3, 0.4) is 0 Å². The van der Waals surface area contributed by atoms with Crippen molar-refractivity contribution >= 4 is 5.82 Å². The molecule has 2 aromatic heterocycles. The van der Waals surface area contributed by atoms with Crippen molar-refractivity contribution in [1.82, 2.24) is 15.0 Å². The van der Waals surface area contributed by atoms with Gasteiger partial charge in [0.1, 0.15) is 11.5 Å². The molecule has 1 aliphatic rings. The number of nitrogens with zero attached hydrogens (tertiary/aromatic N) is 3. The van der Waals surface area contributed by atoms with Crippen LogP contribution in [-0.2, 0) is 0 Å². The third-order valence-electron chi connectivity index (χ3n) is 3.92. The molecule has 0 bridgehead atoms. The molecule has 0 saturated heterocycles. The van der Waals surface area contributed by atoms with Crippen molar-refractivity contribution in [2.45, 2.75) is 38.5 Å². The molecule has 1 saturated carbocycles. The maximum Gasteiger partial charge on any atom is 0.180 e. The van der Waals surface area contributed by atoms with E-state index in [4.69, 9.17) is 4.98 Å². The van der Waals surface area contributed by atoms with Crippen molar-refractivity contribution < 1.29 is 0 Å². The Hall–Kier alpha value is -1.97. The van der Waals surface area contributed by atoms with Gasteiger partial charge in [0.15, 0.2) is 5.82 Å². The zero-order valence-corrected chi connectivity index (χ0v) is 12.1. The molecule has 0 aromatic carbocycles. The molecular weight excluding hydrogens is 248 g/mol. The Morgan fingerprint density at radius 1 is 1.15 bits per heavy atom. The highest BCUT2D eigenvalue weighted by molar-refractivity contribution is 5.54. The van der Waals surface area contributed by atoms with E-state index in [0.717, 1.165) is 23.0 Å². The van der Waals surface area contributed by atoms with E-state index in [0.29, 0.717) is 5.92 Å². The summed E-state index contributed by atoms with van der Waals surface area (Å²) in [5, 5.41) is 3.14. The van der Waals surface area contributed by atoms with Crippen molar-refractivity contribution in [3.05, 3.63) is 35.7 Å². The van der Waals surface area contributed by atoms with E-state index in [1.54, 1.807) is 0 Å². The molecule has 0 amide bonds. The van der Waals surface area contributed by atoms with Crippen LogP contribution in [0.25, 0.3) is 11.5 Å². The second kappa shape index (κ2) is 5.57. The van der Waals surface area contributed by atoms with Gasteiger partial charge < -0.3 is 5.32 Å². The lowest BCUT2D eigenvalue weighted by Gasteiger charge is -2.12. The van der Waals surface area contributed by atoms with Gasteiger partial charge in [0.05, 0.1) is 0 Å². The number of aryl methyl sites for hydroxylation is 1. The van der Waals surface area contributed by atoms with E-state index in [1.165, 1.54) is 31.2 Å². The first-order valence-electron chi connectivity index (χ1n) is 7.26. The number of pyridine rings is 1. The maximum absolute atomic E-state index is 4.76. The van der Waals surface area contributed by atoms with E-state index < -0.39 is 0 Å². The summed E-state index contributed by atoms with van der Waals surface area (Å²) in [6.07, 6.45) is 6.90. The number of rotatable bonds is 3. The van der Waals surface area contributed by atoms with Crippen molar-refractivity contribution in [1.29, 1.82) is 0 Å². The highest BCUT2D eigenvalue weighted by Gasteiger charge is 2.20. The molecule has 3 rings (SSSR count). The monoisotopic (exact) mass is 268 g/mol. The van der Waals surface area contributed by atoms with Gasteiger partial charge >= 0.3 is 0 Å². The Morgan fingerprint density at radius 2 is 1.95 bits per heavy atom. The summed E-state index contributed by atoms with van der Waals surface area (Å²) in [4.78, 5) is 13.7. The van der Waals surface area contributed by atoms with Crippen LogP contribution in [0, 0.1) is 6.92 Å². The average Bonchev–Trinajstić information content (AvgIpc) is 3.01. The molecular formula is C16H20N4. The van der Waals surface area contributed by atoms with Crippen molar-refractivity contribution in [2.75, 3.05) is 12.4 Å². The first-order valence-corrected chi connectivity index (χ1v) is 7.26. The summed E-state index contributed by atoms with van der Waals surface area (Å²) >= 11 is 0. The zero-order chi connectivity index (χ0) is 13.9. The smallest absolute Gasteiger partial charge is 0.180 e. The summed E-state index contributed by atoms with van der Waals surface area (Å²) in [5.74, 6) is 2.18. The standard InChI is InChI=1S/C16H20N4/c1-11-7-8-18-14(9-11)16-19-13(10-15(17-2)20-16)12-5-3-4-6-12/h7-10,12H,3-6H2,1-2H3,(H,17,19,20). The van der Waals surface area contributed by atoms with Crippen LogP contribution in [-0.4, -0.2) is 22.0 Å². The average molecular weight is 268 g/mol. The molecule has 0 radical (unpaired) electrons. The zero-order valence-electron chi connectivity index (χ0n) is 12.1. The number of hydrogen-bond donors (Lipinski definition) is 1. The second-order valence-electron chi connectivity index (χ2n) is 5.45. The summed E-state index contributed by atoms with van der Waals surface area (Å²) in [5.41, 5.74) is 3.18. The fourth-order valence-electron chi connectivity index (χ4n) is 2.80. The van der Waals surface area contributed by atoms with Crippen LogP contribution < -0.4 is 5.32 Å². The van der Waals surface area contributed by atoms with E-state index >= 15 is 0 Å². The summed E-state index contributed by atoms with van der Waals surface area (Å²) in [7, 11) is 1.90. The number of nitrogens with one attached hydrogen (secondary N) is 1. The summed E-state index contributed by atoms with van der Waals surface area (Å²) < 4.78 is 0. The van der Waals surface area contributed by atoms with Gasteiger partial charge in [-0.3, -0.25) is 4.98 Å². The third-order valence-corrected chi connectivity index (χ3v) is 3.92. The minimum Gasteiger partial charge on any atom is -0.373 e. The largest absolute Gasteiger partial charge is 0.373 e. The minimum absolute atomic E-state index is 0.577. The SMILES string of the molecule is CNc1cc(C2CCCC2)nc(-c2cc(C)ccn2)n1. The first kappa shape index (κ1) is 13.0. The molecule has 20 heavy (non-hydrogen) atoms. The predicted octanol–water partition coefficient (Wildman–Crippen LogP) is 3.55. The molecule has 0 spiro atoms. The molecule has 2 heterocycles. The highest BCUT2D eigenvalue weighted by atomic mass is 15.0. The van der Waals surface area contributed by atoms with Gasteiger partial charge in [-0.1, -0.05) is 12.8 Å². The van der Waals surface area contributed by atoms with Gasteiger partial charge in [-0.15, -0.1) is 0 Å².